The van der Waals surface area contributed by atoms with Crippen LogP contribution in [0.1, 0.15) is 50.7 Å². The van der Waals surface area contributed by atoms with Gasteiger partial charge >= 0.3 is 0 Å². The van der Waals surface area contributed by atoms with E-state index in [2.05, 4.69) is 87.6 Å². The lowest BCUT2D eigenvalue weighted by Crippen LogP contribution is -2.01. The molecule has 0 aromatic heterocycles. The Balaban J connectivity index is 0.000000198. The second kappa shape index (κ2) is 9.93. The van der Waals surface area contributed by atoms with Crippen molar-refractivity contribution in [2.24, 2.45) is 0 Å². The van der Waals surface area contributed by atoms with Gasteiger partial charge in [0.2, 0.25) is 0 Å². The third-order valence-corrected chi connectivity index (χ3v) is 4.33. The van der Waals surface area contributed by atoms with E-state index in [4.69, 9.17) is 0 Å². The van der Waals surface area contributed by atoms with Gasteiger partial charge in [-0.25, -0.2) is 0 Å². The van der Waals surface area contributed by atoms with Crippen molar-refractivity contribution in [1.29, 1.82) is 0 Å². The van der Waals surface area contributed by atoms with E-state index in [1.54, 1.807) is 0 Å². The van der Waals surface area contributed by atoms with Crippen LogP contribution in [0.5, 0.6) is 0 Å². The Morgan fingerprint density at radius 2 is 1.79 bits per heavy atom. The first kappa shape index (κ1) is 18.3. The topological polar surface area (TPSA) is 0 Å². The van der Waals surface area contributed by atoms with Gasteiger partial charge in [-0.2, -0.15) is 0 Å². The van der Waals surface area contributed by atoms with Gasteiger partial charge in [-0.05, 0) is 61.3 Å². The molecule has 0 saturated heterocycles. The minimum Gasteiger partial charge on any atom is -0.0848 e. The molecule has 2 aliphatic rings. The van der Waals surface area contributed by atoms with Gasteiger partial charge in [-0.1, -0.05) is 86.2 Å². The molecule has 0 fully saturated rings. The van der Waals surface area contributed by atoms with Crippen LogP contribution in [0.3, 0.4) is 0 Å². The van der Waals surface area contributed by atoms with Crippen molar-refractivity contribution in [3.05, 3.63) is 94.6 Å². The van der Waals surface area contributed by atoms with Crippen molar-refractivity contribution in [2.75, 3.05) is 0 Å². The van der Waals surface area contributed by atoms with Gasteiger partial charge in [-0.3, -0.25) is 0 Å². The van der Waals surface area contributed by atoms with Gasteiger partial charge in [0, 0.05) is 0 Å². The Morgan fingerprint density at radius 1 is 1.04 bits per heavy atom. The summed E-state index contributed by atoms with van der Waals surface area (Å²) in [6, 6.07) is 8.66. The molecule has 126 valence electrons. The molecule has 1 aromatic rings. The Bertz CT molecular complexity index is 660. The quantitative estimate of drug-likeness (QED) is 0.558. The van der Waals surface area contributed by atoms with E-state index in [1.807, 2.05) is 0 Å². The van der Waals surface area contributed by atoms with Gasteiger partial charge in [0.15, 0.2) is 0 Å². The molecule has 0 heterocycles. The lowest BCUT2D eigenvalue weighted by molar-refractivity contribution is 0.992. The molecule has 0 aliphatic heterocycles. The SMILES string of the molecule is CC/C=C\C=C1\C=C(C2=CCCC=C2)C1.CCc1ccc(C)cc1. The minimum absolute atomic E-state index is 1.12. The highest BCUT2D eigenvalue weighted by atomic mass is 14.2. The van der Waals surface area contributed by atoms with Gasteiger partial charge in [0.05, 0.1) is 0 Å². The van der Waals surface area contributed by atoms with E-state index in [1.165, 1.54) is 40.7 Å². The fourth-order valence-corrected chi connectivity index (χ4v) is 2.71. The van der Waals surface area contributed by atoms with Crippen LogP contribution in [0.25, 0.3) is 0 Å². The van der Waals surface area contributed by atoms with Crippen molar-refractivity contribution in [3.8, 4) is 0 Å². The molecule has 0 saturated carbocycles. The fraction of sp³-hybridized carbons (Fsp3) is 0.333. The Labute approximate surface area is 148 Å². The normalized spacial score (nSPS) is 17.9. The molecular weight excluding hydrogens is 288 g/mol. The highest BCUT2D eigenvalue weighted by molar-refractivity contribution is 5.54. The maximum Gasteiger partial charge on any atom is -0.00197 e. The average Bonchev–Trinajstić information content (AvgIpc) is 2.59. The van der Waals surface area contributed by atoms with Crippen LogP contribution in [0.15, 0.2) is 83.5 Å². The number of hydrogen-bond acceptors (Lipinski definition) is 0. The predicted molar refractivity (Wildman–Crippen MR) is 107 cm³/mol. The van der Waals surface area contributed by atoms with Crippen LogP contribution >= 0.6 is 0 Å². The van der Waals surface area contributed by atoms with E-state index in [9.17, 15) is 0 Å². The predicted octanol–water partition coefficient (Wildman–Crippen LogP) is 7.04. The first-order valence-electron chi connectivity index (χ1n) is 9.21. The Morgan fingerprint density at radius 3 is 2.38 bits per heavy atom. The van der Waals surface area contributed by atoms with E-state index >= 15 is 0 Å². The molecule has 0 spiro atoms. The maximum atomic E-state index is 2.35. The molecule has 0 bridgehead atoms. The van der Waals surface area contributed by atoms with Crippen molar-refractivity contribution in [2.45, 2.75) is 52.9 Å². The first-order valence-corrected chi connectivity index (χ1v) is 9.21. The van der Waals surface area contributed by atoms with Crippen LogP contribution in [0.4, 0.5) is 0 Å². The summed E-state index contributed by atoms with van der Waals surface area (Å²) in [5, 5.41) is 0. The number of hydrogen-bond donors (Lipinski definition) is 0. The second-order valence-electron chi connectivity index (χ2n) is 6.40. The lowest BCUT2D eigenvalue weighted by atomic mass is 9.85. The van der Waals surface area contributed by atoms with E-state index in [-0.39, 0.29) is 0 Å². The minimum atomic E-state index is 1.12. The van der Waals surface area contributed by atoms with E-state index in [0.29, 0.717) is 0 Å². The van der Waals surface area contributed by atoms with Crippen LogP contribution in [0, 0.1) is 6.92 Å². The standard InChI is InChI=1S/C15H18.C9H12/c1-2-3-5-8-13-11-15(12-13)14-9-6-4-7-10-14;1-3-9-6-4-8(2)5-7-9/h3,5-6,8-11H,2,4,7,12H2,1H3;4-7H,3H2,1-2H3/b5-3-,13-8-;. The van der Waals surface area contributed by atoms with Crippen LogP contribution < -0.4 is 0 Å². The maximum absolute atomic E-state index is 2.35. The summed E-state index contributed by atoms with van der Waals surface area (Å²) in [5.74, 6) is 0. The number of rotatable bonds is 4. The zero-order valence-corrected chi connectivity index (χ0v) is 15.4. The fourth-order valence-electron chi connectivity index (χ4n) is 2.71. The number of benzene rings is 1. The highest BCUT2D eigenvalue weighted by Crippen LogP contribution is 2.33. The van der Waals surface area contributed by atoms with Crippen molar-refractivity contribution in [3.63, 3.8) is 0 Å². The molecule has 2 aliphatic carbocycles. The average molecular weight is 319 g/mol. The lowest BCUT2D eigenvalue weighted by Gasteiger charge is -2.20. The van der Waals surface area contributed by atoms with E-state index < -0.39 is 0 Å². The van der Waals surface area contributed by atoms with Crippen molar-refractivity contribution in [1.82, 2.24) is 0 Å². The molecule has 3 rings (SSSR count). The van der Waals surface area contributed by atoms with Gasteiger partial charge in [-0.15, -0.1) is 0 Å². The molecule has 24 heavy (non-hydrogen) atoms. The molecule has 1 aromatic carbocycles. The Kier molecular flexibility index (Phi) is 7.55. The molecule has 0 unspecified atom stereocenters. The molecule has 0 atom stereocenters. The molecule has 0 amide bonds. The summed E-state index contributed by atoms with van der Waals surface area (Å²) in [6.45, 7) is 6.44. The number of aryl methyl sites for hydroxylation is 2. The van der Waals surface area contributed by atoms with Crippen molar-refractivity contribution < 1.29 is 0 Å². The monoisotopic (exact) mass is 318 g/mol. The molecule has 0 radical (unpaired) electrons. The number of allylic oxidation sites excluding steroid dienone is 10. The van der Waals surface area contributed by atoms with Gasteiger partial charge < -0.3 is 0 Å². The van der Waals surface area contributed by atoms with Gasteiger partial charge in [0.1, 0.15) is 0 Å². The summed E-state index contributed by atoms with van der Waals surface area (Å²) in [5.41, 5.74) is 7.15. The van der Waals surface area contributed by atoms with Gasteiger partial charge in [0.25, 0.3) is 0 Å². The summed E-state index contributed by atoms with van der Waals surface area (Å²) in [6.07, 6.45) is 21.6. The Hall–Kier alpha value is -2.08. The molecule has 0 N–H and O–H groups in total. The third-order valence-electron chi connectivity index (χ3n) is 4.33. The second-order valence-corrected chi connectivity index (χ2v) is 6.40. The first-order chi connectivity index (χ1) is 11.7. The summed E-state index contributed by atoms with van der Waals surface area (Å²) < 4.78 is 0. The van der Waals surface area contributed by atoms with Crippen LogP contribution in [-0.2, 0) is 6.42 Å². The smallest absolute Gasteiger partial charge is 0.00197 e. The summed E-state index contributed by atoms with van der Waals surface area (Å²) in [7, 11) is 0. The largest absolute Gasteiger partial charge is 0.0848 e. The highest BCUT2D eigenvalue weighted by Gasteiger charge is 2.14. The van der Waals surface area contributed by atoms with Crippen LogP contribution in [0.2, 0.25) is 0 Å². The molecular formula is C24H30. The zero-order chi connectivity index (χ0) is 17.2. The summed E-state index contributed by atoms with van der Waals surface area (Å²) in [4.78, 5) is 0. The zero-order valence-electron chi connectivity index (χ0n) is 15.4. The molecule has 0 heteroatoms. The van der Waals surface area contributed by atoms with Crippen molar-refractivity contribution >= 4 is 0 Å². The third kappa shape index (κ3) is 5.85. The van der Waals surface area contributed by atoms with E-state index in [0.717, 1.165) is 19.3 Å². The summed E-state index contributed by atoms with van der Waals surface area (Å²) >= 11 is 0. The van der Waals surface area contributed by atoms with Crippen LogP contribution in [-0.4, -0.2) is 0 Å². The molecule has 0 nitrogen and oxygen atoms in total.